The number of carbonyl (C=O) groups is 1. The van der Waals surface area contributed by atoms with Crippen LogP contribution < -0.4 is 0 Å². The minimum atomic E-state index is -0.355. The zero-order valence-electron chi connectivity index (χ0n) is 12.0. The molecule has 0 amide bonds. The zero-order chi connectivity index (χ0) is 16.1. The molecule has 3 aromatic rings. The minimum Gasteiger partial charge on any atom is -0.293 e. The fourth-order valence-corrected chi connectivity index (χ4v) is 2.64. The highest BCUT2D eigenvalue weighted by Gasteiger charge is 2.08. The molecule has 114 valence electrons. The van der Waals surface area contributed by atoms with Crippen LogP contribution in [-0.4, -0.2) is 26.7 Å². The molecule has 0 spiro atoms. The van der Waals surface area contributed by atoms with Crippen LogP contribution in [0.25, 0.3) is 11.3 Å². The van der Waals surface area contributed by atoms with Crippen molar-refractivity contribution in [3.63, 3.8) is 0 Å². The van der Waals surface area contributed by atoms with Crippen LogP contribution in [0.5, 0.6) is 0 Å². The summed E-state index contributed by atoms with van der Waals surface area (Å²) >= 11 is 1.30. The van der Waals surface area contributed by atoms with Crippen molar-refractivity contribution >= 4 is 17.5 Å². The van der Waals surface area contributed by atoms with Gasteiger partial charge in [-0.05, 0) is 48.5 Å². The molecule has 23 heavy (non-hydrogen) atoms. The Morgan fingerprint density at radius 2 is 1.70 bits per heavy atom. The average Bonchev–Trinajstić information content (AvgIpc) is 2.61. The van der Waals surface area contributed by atoms with Crippen LogP contribution in [0, 0.1) is 5.82 Å². The van der Waals surface area contributed by atoms with Gasteiger partial charge in [-0.25, -0.2) is 4.39 Å². The standard InChI is InChI=1S/C17H12FN3OS/c18-14-3-1-13(2-4-14)16(22)11-23-17-6-5-15(20-21-17)12-7-9-19-10-8-12/h1-10H,11H2. The first-order chi connectivity index (χ1) is 11.2. The number of pyridine rings is 1. The maximum absolute atomic E-state index is 12.8. The number of nitrogens with zero attached hydrogens (tertiary/aromatic N) is 3. The first-order valence-corrected chi connectivity index (χ1v) is 7.86. The Kier molecular flexibility index (Phi) is 4.73. The molecule has 0 aliphatic rings. The second kappa shape index (κ2) is 7.11. The maximum Gasteiger partial charge on any atom is 0.173 e. The second-order valence-electron chi connectivity index (χ2n) is 4.71. The summed E-state index contributed by atoms with van der Waals surface area (Å²) in [5.74, 6) is -0.198. The van der Waals surface area contributed by atoms with Crippen molar-refractivity contribution in [1.29, 1.82) is 0 Å². The molecule has 0 radical (unpaired) electrons. The van der Waals surface area contributed by atoms with E-state index in [4.69, 9.17) is 0 Å². The number of carbonyl (C=O) groups excluding carboxylic acids is 1. The summed E-state index contributed by atoms with van der Waals surface area (Å²) in [6.07, 6.45) is 3.39. The van der Waals surface area contributed by atoms with E-state index in [0.717, 1.165) is 11.3 Å². The molecule has 0 atom stereocenters. The summed E-state index contributed by atoms with van der Waals surface area (Å²) in [6.45, 7) is 0. The van der Waals surface area contributed by atoms with E-state index in [1.165, 1.54) is 36.0 Å². The van der Waals surface area contributed by atoms with Crippen molar-refractivity contribution in [2.24, 2.45) is 0 Å². The Bertz CT molecular complexity index is 792. The van der Waals surface area contributed by atoms with Crippen LogP contribution in [0.1, 0.15) is 10.4 Å². The number of rotatable bonds is 5. The molecule has 0 aliphatic carbocycles. The van der Waals surface area contributed by atoms with E-state index in [1.54, 1.807) is 12.4 Å². The highest BCUT2D eigenvalue weighted by Crippen LogP contribution is 2.20. The Hall–Kier alpha value is -2.60. The molecule has 0 aliphatic heterocycles. The number of hydrogen-bond acceptors (Lipinski definition) is 5. The van der Waals surface area contributed by atoms with Crippen LogP contribution >= 0.6 is 11.8 Å². The smallest absolute Gasteiger partial charge is 0.173 e. The molecule has 0 saturated carbocycles. The molecule has 0 N–H and O–H groups in total. The molecule has 3 rings (SSSR count). The summed E-state index contributed by atoms with van der Waals surface area (Å²) in [7, 11) is 0. The third-order valence-corrected chi connectivity index (χ3v) is 4.05. The second-order valence-corrected chi connectivity index (χ2v) is 5.71. The molecular weight excluding hydrogens is 313 g/mol. The first kappa shape index (κ1) is 15.3. The summed E-state index contributed by atoms with van der Waals surface area (Å²) in [5, 5.41) is 8.93. The van der Waals surface area contributed by atoms with Crippen molar-refractivity contribution in [1.82, 2.24) is 15.2 Å². The Morgan fingerprint density at radius 1 is 0.957 bits per heavy atom. The number of halogens is 1. The predicted molar refractivity (Wildman–Crippen MR) is 86.7 cm³/mol. The molecule has 0 saturated heterocycles. The van der Waals surface area contributed by atoms with Crippen molar-refractivity contribution in [2.75, 3.05) is 5.75 Å². The topological polar surface area (TPSA) is 55.7 Å². The van der Waals surface area contributed by atoms with E-state index in [2.05, 4.69) is 15.2 Å². The zero-order valence-corrected chi connectivity index (χ0v) is 12.8. The van der Waals surface area contributed by atoms with Gasteiger partial charge < -0.3 is 0 Å². The summed E-state index contributed by atoms with van der Waals surface area (Å²) in [6, 6.07) is 12.9. The Morgan fingerprint density at radius 3 is 2.35 bits per heavy atom. The fraction of sp³-hybridized carbons (Fsp3) is 0.0588. The highest BCUT2D eigenvalue weighted by atomic mass is 32.2. The van der Waals surface area contributed by atoms with Crippen LogP contribution in [0.15, 0.2) is 66.0 Å². The normalized spacial score (nSPS) is 10.5. The maximum atomic E-state index is 12.8. The SMILES string of the molecule is O=C(CSc1ccc(-c2ccncc2)nn1)c1ccc(F)cc1. The Balaban J connectivity index is 1.62. The van der Waals surface area contributed by atoms with Gasteiger partial charge in [-0.3, -0.25) is 9.78 Å². The van der Waals surface area contributed by atoms with Crippen molar-refractivity contribution in [2.45, 2.75) is 5.03 Å². The molecule has 0 bridgehead atoms. The van der Waals surface area contributed by atoms with E-state index in [0.29, 0.717) is 10.6 Å². The predicted octanol–water partition coefficient (Wildman–Crippen LogP) is 3.65. The summed E-state index contributed by atoms with van der Waals surface area (Å²) in [4.78, 5) is 16.0. The van der Waals surface area contributed by atoms with Gasteiger partial charge in [-0.1, -0.05) is 11.8 Å². The third kappa shape index (κ3) is 3.98. The van der Waals surface area contributed by atoms with E-state index < -0.39 is 0 Å². The van der Waals surface area contributed by atoms with Gasteiger partial charge in [0, 0.05) is 23.5 Å². The molecule has 6 heteroatoms. The Labute approximate surface area is 136 Å². The minimum absolute atomic E-state index is 0.0741. The molecule has 2 aromatic heterocycles. The van der Waals surface area contributed by atoms with Gasteiger partial charge in [0.25, 0.3) is 0 Å². The summed E-state index contributed by atoms with van der Waals surface area (Å²) < 4.78 is 12.8. The van der Waals surface area contributed by atoms with Crippen molar-refractivity contribution < 1.29 is 9.18 Å². The van der Waals surface area contributed by atoms with Crippen molar-refractivity contribution in [3.05, 3.63) is 72.3 Å². The number of ketones is 1. The number of thioether (sulfide) groups is 1. The monoisotopic (exact) mass is 325 g/mol. The van der Waals surface area contributed by atoms with Gasteiger partial charge in [0.05, 0.1) is 11.4 Å². The fourth-order valence-electron chi connectivity index (χ4n) is 1.93. The van der Waals surface area contributed by atoms with Gasteiger partial charge in [0.15, 0.2) is 5.78 Å². The lowest BCUT2D eigenvalue weighted by molar-refractivity contribution is 0.102. The van der Waals surface area contributed by atoms with E-state index in [1.807, 2.05) is 24.3 Å². The molecule has 0 fully saturated rings. The number of aromatic nitrogens is 3. The molecule has 1 aromatic carbocycles. The van der Waals surface area contributed by atoms with Gasteiger partial charge in [-0.15, -0.1) is 10.2 Å². The number of benzene rings is 1. The van der Waals surface area contributed by atoms with Gasteiger partial charge in [0.1, 0.15) is 10.8 Å². The van der Waals surface area contributed by atoms with Gasteiger partial charge in [0.2, 0.25) is 0 Å². The lowest BCUT2D eigenvalue weighted by Gasteiger charge is -2.02. The lowest BCUT2D eigenvalue weighted by Crippen LogP contribution is -2.02. The molecule has 2 heterocycles. The molecule has 4 nitrogen and oxygen atoms in total. The third-order valence-electron chi connectivity index (χ3n) is 3.13. The largest absolute Gasteiger partial charge is 0.293 e. The average molecular weight is 325 g/mol. The van der Waals surface area contributed by atoms with Crippen molar-refractivity contribution in [3.8, 4) is 11.3 Å². The van der Waals surface area contributed by atoms with Crippen LogP contribution in [0.4, 0.5) is 4.39 Å². The summed E-state index contributed by atoms with van der Waals surface area (Å²) in [5.41, 5.74) is 2.17. The van der Waals surface area contributed by atoms with E-state index in [-0.39, 0.29) is 17.4 Å². The van der Waals surface area contributed by atoms with E-state index in [9.17, 15) is 9.18 Å². The number of Topliss-reactive ketones (excluding diaryl/α,β-unsaturated/α-hetero) is 1. The molecular formula is C17H12FN3OS. The van der Waals surface area contributed by atoms with E-state index >= 15 is 0 Å². The quantitative estimate of drug-likeness (QED) is 0.529. The van der Waals surface area contributed by atoms with Gasteiger partial charge >= 0.3 is 0 Å². The molecule has 0 unspecified atom stereocenters. The first-order valence-electron chi connectivity index (χ1n) is 6.88. The van der Waals surface area contributed by atoms with Crippen LogP contribution in [-0.2, 0) is 0 Å². The van der Waals surface area contributed by atoms with Crippen LogP contribution in [0.2, 0.25) is 0 Å². The van der Waals surface area contributed by atoms with Gasteiger partial charge in [-0.2, -0.15) is 0 Å². The number of hydrogen-bond donors (Lipinski definition) is 0. The lowest BCUT2D eigenvalue weighted by atomic mass is 10.1. The highest BCUT2D eigenvalue weighted by molar-refractivity contribution is 7.99. The van der Waals surface area contributed by atoms with Crippen LogP contribution in [0.3, 0.4) is 0 Å².